The molecule has 0 unspecified atom stereocenters. The molecule has 0 radical (unpaired) electrons. The van der Waals surface area contributed by atoms with E-state index in [1.807, 2.05) is 0 Å². The van der Waals surface area contributed by atoms with Gasteiger partial charge >= 0.3 is 0 Å². The Morgan fingerprint density at radius 1 is 1.00 bits per heavy atom. The zero-order valence-corrected chi connectivity index (χ0v) is 18.6. The molecule has 0 spiro atoms. The Morgan fingerprint density at radius 3 is 2.47 bits per heavy atom. The molecular formula is C23H24ClN3O5. The molecule has 2 heterocycles. The first kappa shape index (κ1) is 22.0. The second-order valence-corrected chi connectivity index (χ2v) is 8.18. The average Bonchev–Trinajstić information content (AvgIpc) is 3.39. The molecule has 2 aliphatic heterocycles. The van der Waals surface area contributed by atoms with Gasteiger partial charge in [0.05, 0.1) is 31.5 Å². The highest BCUT2D eigenvalue weighted by molar-refractivity contribution is 6.31. The molecule has 2 aromatic rings. The number of rotatable bonds is 6. The summed E-state index contributed by atoms with van der Waals surface area (Å²) in [5.74, 6) is 0.102. The zero-order valence-electron chi connectivity index (χ0n) is 17.9. The van der Waals surface area contributed by atoms with Crippen molar-refractivity contribution in [1.82, 2.24) is 0 Å². The normalized spacial score (nSPS) is 18.3. The van der Waals surface area contributed by atoms with Crippen molar-refractivity contribution in [2.75, 3.05) is 42.4 Å². The number of hydrogen-bond acceptors (Lipinski definition) is 5. The maximum Gasteiger partial charge on any atom is 0.229 e. The molecule has 168 valence electrons. The van der Waals surface area contributed by atoms with Crippen molar-refractivity contribution in [3.8, 4) is 11.5 Å². The molecular weight excluding hydrogens is 434 g/mol. The maximum absolute atomic E-state index is 12.9. The Bertz CT molecular complexity index is 1070. The van der Waals surface area contributed by atoms with Crippen LogP contribution in [0, 0.1) is 5.92 Å². The Kier molecular flexibility index (Phi) is 6.23. The third kappa shape index (κ3) is 4.23. The predicted molar refractivity (Wildman–Crippen MR) is 122 cm³/mol. The van der Waals surface area contributed by atoms with Crippen molar-refractivity contribution in [2.45, 2.75) is 19.3 Å². The highest BCUT2D eigenvalue weighted by atomic mass is 35.5. The lowest BCUT2D eigenvalue weighted by atomic mass is 10.1. The van der Waals surface area contributed by atoms with Gasteiger partial charge in [-0.05, 0) is 36.8 Å². The largest absolute Gasteiger partial charge is 0.495 e. The van der Waals surface area contributed by atoms with E-state index in [1.165, 1.54) is 19.1 Å². The van der Waals surface area contributed by atoms with Gasteiger partial charge in [-0.25, -0.2) is 0 Å². The van der Waals surface area contributed by atoms with Gasteiger partial charge in [0.15, 0.2) is 0 Å². The summed E-state index contributed by atoms with van der Waals surface area (Å²) in [4.78, 5) is 40.8. The Hall–Kier alpha value is -3.26. The van der Waals surface area contributed by atoms with E-state index in [9.17, 15) is 14.4 Å². The smallest absolute Gasteiger partial charge is 0.229 e. The van der Waals surface area contributed by atoms with Crippen LogP contribution in [0.1, 0.15) is 19.3 Å². The van der Waals surface area contributed by atoms with Crippen molar-refractivity contribution in [2.24, 2.45) is 5.92 Å². The van der Waals surface area contributed by atoms with Crippen LogP contribution in [0.5, 0.6) is 11.5 Å². The molecule has 0 saturated carbocycles. The molecule has 9 heteroatoms. The van der Waals surface area contributed by atoms with Crippen LogP contribution in [0.2, 0.25) is 5.02 Å². The van der Waals surface area contributed by atoms with Gasteiger partial charge in [-0.2, -0.15) is 0 Å². The minimum atomic E-state index is -0.531. The highest BCUT2D eigenvalue weighted by Gasteiger charge is 2.36. The van der Waals surface area contributed by atoms with Gasteiger partial charge in [0.1, 0.15) is 11.5 Å². The van der Waals surface area contributed by atoms with E-state index >= 15 is 0 Å². The maximum atomic E-state index is 12.9. The first-order chi connectivity index (χ1) is 15.4. The summed E-state index contributed by atoms with van der Waals surface area (Å²) in [5.41, 5.74) is 1.76. The van der Waals surface area contributed by atoms with E-state index < -0.39 is 5.92 Å². The van der Waals surface area contributed by atoms with E-state index in [-0.39, 0.29) is 30.7 Å². The van der Waals surface area contributed by atoms with Crippen LogP contribution in [0.3, 0.4) is 0 Å². The number of nitrogens with one attached hydrogen (secondary N) is 1. The lowest BCUT2D eigenvalue weighted by Crippen LogP contribution is -2.28. The van der Waals surface area contributed by atoms with E-state index in [0.717, 1.165) is 6.42 Å². The molecule has 4 rings (SSSR count). The van der Waals surface area contributed by atoms with Crippen LogP contribution in [-0.2, 0) is 14.4 Å². The topological polar surface area (TPSA) is 88.2 Å². The van der Waals surface area contributed by atoms with Crippen LogP contribution in [0.25, 0.3) is 0 Å². The fraction of sp³-hybridized carbons (Fsp3) is 0.348. The van der Waals surface area contributed by atoms with E-state index in [4.69, 9.17) is 21.1 Å². The lowest BCUT2D eigenvalue weighted by Gasteiger charge is -2.21. The Balaban J connectivity index is 1.48. The SMILES string of the molecule is COc1cc(NC(=O)[C@@H]2CC(=O)N(c3cc(Cl)ccc3OC)C2)ccc1N1CCCC1=O. The average molecular weight is 458 g/mol. The first-order valence-electron chi connectivity index (χ1n) is 10.3. The number of carbonyl (C=O) groups excluding carboxylic acids is 3. The first-order valence-corrected chi connectivity index (χ1v) is 10.7. The van der Waals surface area contributed by atoms with Gasteiger partial charge in [-0.15, -0.1) is 0 Å². The zero-order chi connectivity index (χ0) is 22.8. The van der Waals surface area contributed by atoms with Crippen LogP contribution in [0.15, 0.2) is 36.4 Å². The second kappa shape index (κ2) is 9.08. The van der Waals surface area contributed by atoms with E-state index in [0.29, 0.717) is 46.5 Å². The molecule has 1 atom stereocenters. The molecule has 2 saturated heterocycles. The fourth-order valence-corrected chi connectivity index (χ4v) is 4.28. The van der Waals surface area contributed by atoms with E-state index in [2.05, 4.69) is 5.32 Å². The molecule has 0 aliphatic carbocycles. The molecule has 32 heavy (non-hydrogen) atoms. The van der Waals surface area contributed by atoms with Gasteiger partial charge in [0.25, 0.3) is 0 Å². The molecule has 2 fully saturated rings. The fourth-order valence-electron chi connectivity index (χ4n) is 4.12. The Labute approximate surface area is 191 Å². The minimum absolute atomic E-state index is 0.0566. The summed E-state index contributed by atoms with van der Waals surface area (Å²) in [6.45, 7) is 0.868. The van der Waals surface area contributed by atoms with Gasteiger partial charge in [-0.3, -0.25) is 14.4 Å². The van der Waals surface area contributed by atoms with Gasteiger partial charge in [0, 0.05) is 42.7 Å². The van der Waals surface area contributed by atoms with Gasteiger partial charge < -0.3 is 24.6 Å². The number of nitrogens with zero attached hydrogens (tertiary/aromatic N) is 2. The summed E-state index contributed by atoms with van der Waals surface area (Å²) in [6, 6.07) is 10.2. The number of hydrogen-bond donors (Lipinski definition) is 1. The molecule has 3 amide bonds. The number of benzene rings is 2. The third-order valence-electron chi connectivity index (χ3n) is 5.74. The van der Waals surface area contributed by atoms with Gasteiger partial charge in [0.2, 0.25) is 17.7 Å². The number of methoxy groups -OCH3 is 2. The standard InChI is InChI=1S/C23H24ClN3O5/c1-31-19-8-5-15(24)11-18(19)27-13-14(10-22(27)29)23(30)25-16-6-7-17(20(12-16)32-2)26-9-3-4-21(26)28/h5-8,11-12,14H,3-4,9-10,13H2,1-2H3,(H,25,30)/t14-/m1/s1. The number of amides is 3. The Morgan fingerprint density at radius 2 is 1.78 bits per heavy atom. The minimum Gasteiger partial charge on any atom is -0.495 e. The number of carbonyl (C=O) groups is 3. The summed E-state index contributed by atoms with van der Waals surface area (Å²) >= 11 is 6.09. The summed E-state index contributed by atoms with van der Waals surface area (Å²) in [6.07, 6.45) is 1.41. The molecule has 8 nitrogen and oxygen atoms in total. The van der Waals surface area contributed by atoms with Crippen molar-refractivity contribution in [1.29, 1.82) is 0 Å². The molecule has 0 aromatic heterocycles. The van der Waals surface area contributed by atoms with Gasteiger partial charge in [-0.1, -0.05) is 11.6 Å². The molecule has 1 N–H and O–H groups in total. The lowest BCUT2D eigenvalue weighted by molar-refractivity contribution is -0.122. The summed E-state index contributed by atoms with van der Waals surface area (Å²) < 4.78 is 10.8. The summed E-state index contributed by atoms with van der Waals surface area (Å²) in [5, 5.41) is 3.34. The molecule has 2 aliphatic rings. The molecule has 0 bridgehead atoms. The monoisotopic (exact) mass is 457 g/mol. The van der Waals surface area contributed by atoms with Crippen molar-refractivity contribution in [3.63, 3.8) is 0 Å². The van der Waals surface area contributed by atoms with Crippen LogP contribution in [0.4, 0.5) is 17.1 Å². The highest BCUT2D eigenvalue weighted by Crippen LogP contribution is 2.36. The van der Waals surface area contributed by atoms with Crippen LogP contribution >= 0.6 is 11.6 Å². The predicted octanol–water partition coefficient (Wildman–Crippen LogP) is 3.48. The summed E-state index contributed by atoms with van der Waals surface area (Å²) in [7, 11) is 3.04. The van der Waals surface area contributed by atoms with Crippen LogP contribution < -0.4 is 24.6 Å². The molecule has 2 aromatic carbocycles. The number of halogens is 1. The van der Waals surface area contributed by atoms with Crippen molar-refractivity contribution >= 4 is 46.4 Å². The van der Waals surface area contributed by atoms with Crippen molar-refractivity contribution < 1.29 is 23.9 Å². The van der Waals surface area contributed by atoms with Crippen LogP contribution in [-0.4, -0.2) is 45.0 Å². The number of anilines is 3. The quantitative estimate of drug-likeness (QED) is 0.717. The van der Waals surface area contributed by atoms with E-state index in [1.54, 1.807) is 41.3 Å². The second-order valence-electron chi connectivity index (χ2n) is 7.75. The number of ether oxygens (including phenoxy) is 2. The third-order valence-corrected chi connectivity index (χ3v) is 5.97. The van der Waals surface area contributed by atoms with Crippen molar-refractivity contribution in [3.05, 3.63) is 41.4 Å².